The van der Waals surface area contributed by atoms with E-state index in [1.807, 2.05) is 0 Å². The van der Waals surface area contributed by atoms with E-state index in [-0.39, 0.29) is 41.0 Å². The van der Waals surface area contributed by atoms with Gasteiger partial charge in [0.05, 0.1) is 0 Å². The molecule has 7 heteroatoms. The van der Waals surface area contributed by atoms with Crippen LogP contribution in [0, 0.1) is 0 Å². The third-order valence-electron chi connectivity index (χ3n) is 0.861. The van der Waals surface area contributed by atoms with Crippen LogP contribution in [0.15, 0.2) is 11.8 Å². The van der Waals surface area contributed by atoms with E-state index >= 15 is 0 Å². The molecule has 0 amide bonds. The molecular weight excluding hydrogens is 179 g/mol. The summed E-state index contributed by atoms with van der Waals surface area (Å²) < 4.78 is 24.7. The van der Waals surface area contributed by atoms with Crippen molar-refractivity contribution in [2.75, 3.05) is 5.75 Å². The third kappa shape index (κ3) is 6.79. The second-order valence-corrected chi connectivity index (χ2v) is 3.26. The van der Waals surface area contributed by atoms with Gasteiger partial charge in [0.15, 0.2) is 0 Å². The van der Waals surface area contributed by atoms with Gasteiger partial charge < -0.3 is 5.73 Å². The van der Waals surface area contributed by atoms with E-state index in [0.717, 1.165) is 0 Å². The molecule has 0 aliphatic heterocycles. The van der Waals surface area contributed by atoms with E-state index in [2.05, 4.69) is 10.2 Å². The van der Waals surface area contributed by atoms with Gasteiger partial charge in [0, 0.05) is 5.70 Å². The van der Waals surface area contributed by atoms with Gasteiger partial charge in [-0.1, -0.05) is 6.08 Å². The fourth-order valence-corrected chi connectivity index (χ4v) is 0.964. The van der Waals surface area contributed by atoms with Crippen molar-refractivity contribution in [3.05, 3.63) is 11.8 Å². The van der Waals surface area contributed by atoms with Crippen LogP contribution in [0.25, 0.3) is 0 Å². The molecule has 5 nitrogen and oxygen atoms in total. The Balaban J connectivity index is 0. The molecule has 0 saturated heterocycles. The molecule has 0 saturated carbocycles. The summed E-state index contributed by atoms with van der Waals surface area (Å²) in [7, 11) is -3.65. The summed E-state index contributed by atoms with van der Waals surface area (Å²) in [5.41, 5.74) is 5.39. The summed E-state index contributed by atoms with van der Waals surface area (Å²) in [6.45, 7) is 1.63. The molecule has 4 N–H and O–H groups in total. The number of hydrogen-bond donors (Lipinski definition) is 2. The number of hydrogen-bond acceptors (Lipinski definition) is 5. The van der Waals surface area contributed by atoms with Crippen molar-refractivity contribution >= 4 is 39.7 Å². The quantitative estimate of drug-likeness (QED) is 0.413. The summed E-state index contributed by atoms with van der Waals surface area (Å²) in [6, 6.07) is 0. The van der Waals surface area contributed by atoms with E-state index in [1.165, 1.54) is 6.08 Å². The van der Waals surface area contributed by atoms with Gasteiger partial charge in [0.1, 0.15) is 5.75 Å². The maximum atomic E-state index is 10.5. The van der Waals surface area contributed by atoms with Crippen LogP contribution >= 0.6 is 0 Å². The fraction of sp³-hybridized carbons (Fsp3) is 0.500. The Morgan fingerprint density at radius 1 is 1.64 bits per heavy atom. The van der Waals surface area contributed by atoms with Gasteiger partial charge in [-0.15, -0.1) is 0 Å². The van der Waals surface area contributed by atoms with Crippen LogP contribution in [0.1, 0.15) is 6.92 Å². The monoisotopic (exact) mass is 190 g/mol. The number of nitrogens with two attached hydrogens (primary N) is 2. The fourth-order valence-electron chi connectivity index (χ4n) is 0.321. The second kappa shape index (κ2) is 5.99. The molecule has 0 aromatic heterocycles. The molecule has 0 aliphatic rings. The Hall–Kier alpha value is 0.410. The van der Waals surface area contributed by atoms with Crippen molar-refractivity contribution in [1.82, 2.24) is 0 Å². The van der Waals surface area contributed by atoms with E-state index in [9.17, 15) is 8.42 Å². The average Bonchev–Trinajstić information content (AvgIpc) is 1.87. The van der Waals surface area contributed by atoms with Crippen LogP contribution in [0.5, 0.6) is 0 Å². The molecule has 0 atom stereocenters. The molecule has 0 heterocycles. The topological polar surface area (TPSA) is 95.4 Å². The number of allylic oxidation sites excluding steroid dienone is 1. The molecule has 0 aromatic rings. The molecule has 0 rings (SSSR count). The van der Waals surface area contributed by atoms with Gasteiger partial charge in [0.2, 0.25) is 0 Å². The normalized spacial score (nSPS) is 12.4. The zero-order valence-corrected chi connectivity index (χ0v) is 6.39. The molecule has 0 aromatic carbocycles. The first kappa shape index (κ1) is 14.0. The molecule has 0 spiro atoms. The third-order valence-corrected chi connectivity index (χ3v) is 1.84. The van der Waals surface area contributed by atoms with E-state index in [4.69, 9.17) is 5.73 Å². The van der Waals surface area contributed by atoms with Crippen molar-refractivity contribution in [3.8, 4) is 0 Å². The Morgan fingerprint density at radius 2 is 2.09 bits per heavy atom. The molecule has 0 unspecified atom stereocenters. The van der Waals surface area contributed by atoms with Crippen LogP contribution in [-0.4, -0.2) is 43.7 Å². The Labute approximate surface area is 88.1 Å². The molecule has 0 fully saturated rings. The van der Waals surface area contributed by atoms with Gasteiger partial charge in [-0.2, -0.15) is 18.6 Å². The minimum atomic E-state index is -3.65. The van der Waals surface area contributed by atoms with Crippen molar-refractivity contribution in [1.29, 1.82) is 0 Å². The zero-order valence-electron chi connectivity index (χ0n) is 5.57. The minimum absolute atomic E-state index is 0. The van der Waals surface area contributed by atoms with Crippen molar-refractivity contribution < 1.29 is 12.7 Å². The van der Waals surface area contributed by atoms with Crippen molar-refractivity contribution in [2.45, 2.75) is 6.92 Å². The zero-order chi connectivity index (χ0) is 8.20. The molecule has 0 aliphatic carbocycles. The average molecular weight is 190 g/mol. The van der Waals surface area contributed by atoms with Crippen molar-refractivity contribution in [3.63, 3.8) is 0 Å². The van der Waals surface area contributed by atoms with Crippen LogP contribution in [-0.2, 0) is 14.4 Å². The van der Waals surface area contributed by atoms with Crippen LogP contribution in [0.3, 0.4) is 0 Å². The summed E-state index contributed by atoms with van der Waals surface area (Å²) in [5, 5.41) is 0. The first-order chi connectivity index (χ1) is 4.52. The van der Waals surface area contributed by atoms with E-state index < -0.39 is 10.1 Å². The van der Waals surface area contributed by atoms with Gasteiger partial charge in [0.25, 0.3) is 10.1 Å². The molecule has 0 bridgehead atoms. The Morgan fingerprint density at radius 3 is 2.36 bits per heavy atom. The van der Waals surface area contributed by atoms with Gasteiger partial charge in [-0.3, -0.25) is 0 Å². The summed E-state index contributed by atoms with van der Waals surface area (Å²) in [6.07, 6.45) is 1.47. The summed E-state index contributed by atoms with van der Waals surface area (Å²) >= 11 is 0. The molecular formula is C4H11N2NaO3S. The van der Waals surface area contributed by atoms with Gasteiger partial charge in [-0.25, -0.2) is 0 Å². The molecule has 11 heavy (non-hydrogen) atoms. The summed E-state index contributed by atoms with van der Waals surface area (Å²) in [5.74, 6) is 4.08. The second-order valence-electron chi connectivity index (χ2n) is 1.66. The molecule has 62 valence electrons. The van der Waals surface area contributed by atoms with E-state index in [0.29, 0.717) is 0 Å². The van der Waals surface area contributed by atoms with Crippen LogP contribution < -0.4 is 11.6 Å². The first-order valence-corrected chi connectivity index (χ1v) is 4.11. The predicted molar refractivity (Wildman–Crippen MR) is 44.2 cm³/mol. The Kier molecular flexibility index (Phi) is 7.60. The standard InChI is InChI=1S/C4H10N2O3S.Na.H/c1-2-4(5)3-10(7,8)9-6;;/h2H,3,5-6H2,1H3;;. The van der Waals surface area contributed by atoms with E-state index in [1.54, 1.807) is 6.92 Å². The molecule has 0 radical (unpaired) electrons. The summed E-state index contributed by atoms with van der Waals surface area (Å²) in [4.78, 5) is 0. The first-order valence-electron chi connectivity index (χ1n) is 2.53. The predicted octanol–water partition coefficient (Wildman–Crippen LogP) is -1.58. The number of rotatable bonds is 3. The van der Waals surface area contributed by atoms with Gasteiger partial charge >= 0.3 is 29.6 Å². The van der Waals surface area contributed by atoms with Crippen LogP contribution in [0.4, 0.5) is 0 Å². The Bertz CT molecular complexity index is 223. The maximum absolute atomic E-state index is 10.5. The van der Waals surface area contributed by atoms with Crippen molar-refractivity contribution in [2.24, 2.45) is 11.6 Å². The SMILES string of the molecule is CC=C(N)CS(=O)(=O)ON.[NaH]. The van der Waals surface area contributed by atoms with Crippen LogP contribution in [0.2, 0.25) is 0 Å². The van der Waals surface area contributed by atoms with Gasteiger partial charge in [-0.05, 0) is 6.92 Å².